The van der Waals surface area contributed by atoms with Gasteiger partial charge in [0.1, 0.15) is 28.7 Å². The quantitative estimate of drug-likeness (QED) is 0.0381. The number of hydrogen-bond acceptors (Lipinski definition) is 9. The molecule has 0 aliphatic rings. The van der Waals surface area contributed by atoms with Crippen molar-refractivity contribution in [3.05, 3.63) is 103 Å². The van der Waals surface area contributed by atoms with Crippen molar-refractivity contribution in [1.82, 2.24) is 0 Å². The van der Waals surface area contributed by atoms with Crippen molar-refractivity contribution in [3.63, 3.8) is 0 Å². The van der Waals surface area contributed by atoms with Crippen LogP contribution in [-0.2, 0) is 14.3 Å². The zero-order valence-corrected chi connectivity index (χ0v) is 23.8. The molecular formula is C33H36O9. The number of rotatable bonds is 19. The van der Waals surface area contributed by atoms with Crippen molar-refractivity contribution in [2.75, 3.05) is 26.8 Å². The van der Waals surface area contributed by atoms with E-state index in [1.807, 2.05) is 31.2 Å². The number of ether oxygens (including phenoxy) is 7. The minimum Gasteiger partial charge on any atom is -0.494 e. The van der Waals surface area contributed by atoms with Crippen LogP contribution in [0.3, 0.4) is 0 Å². The number of aryl methyl sites for hydroxylation is 1. The van der Waals surface area contributed by atoms with E-state index < -0.39 is 11.9 Å². The van der Waals surface area contributed by atoms with Crippen molar-refractivity contribution in [3.8, 4) is 28.7 Å². The molecule has 3 aromatic carbocycles. The molecule has 0 atom stereocenters. The first-order valence-electron chi connectivity index (χ1n) is 13.5. The normalized spacial score (nSPS) is 10.3. The van der Waals surface area contributed by atoms with Crippen molar-refractivity contribution in [2.45, 2.75) is 32.6 Å². The van der Waals surface area contributed by atoms with Gasteiger partial charge in [0.15, 0.2) is 6.79 Å². The summed E-state index contributed by atoms with van der Waals surface area (Å²) < 4.78 is 37.9. The third kappa shape index (κ3) is 11.4. The topological polar surface area (TPSA) is 98.8 Å². The maximum Gasteiger partial charge on any atom is 0.343 e. The molecule has 0 aromatic heterocycles. The molecule has 0 fully saturated rings. The Kier molecular flexibility index (Phi) is 13.5. The number of unbranched alkanes of at least 4 members (excludes halogenated alkanes) is 3. The fourth-order valence-corrected chi connectivity index (χ4v) is 3.60. The van der Waals surface area contributed by atoms with Crippen LogP contribution in [0.4, 0.5) is 0 Å². The lowest BCUT2D eigenvalue weighted by Gasteiger charge is -2.12. The molecule has 9 heteroatoms. The number of benzene rings is 3. The first-order valence-corrected chi connectivity index (χ1v) is 13.5. The second-order valence-electron chi connectivity index (χ2n) is 8.97. The van der Waals surface area contributed by atoms with Gasteiger partial charge in [-0.05, 0) is 98.5 Å². The van der Waals surface area contributed by atoms with E-state index >= 15 is 0 Å². The van der Waals surface area contributed by atoms with E-state index in [4.69, 9.17) is 33.2 Å². The van der Waals surface area contributed by atoms with Gasteiger partial charge in [-0.2, -0.15) is 0 Å². The molecule has 0 unspecified atom stereocenters. The summed E-state index contributed by atoms with van der Waals surface area (Å²) in [5, 5.41) is 0. The summed E-state index contributed by atoms with van der Waals surface area (Å²) in [5.41, 5.74) is 1.02. The zero-order valence-electron chi connectivity index (χ0n) is 23.8. The molecule has 222 valence electrons. The predicted molar refractivity (Wildman–Crippen MR) is 157 cm³/mol. The highest BCUT2D eigenvalue weighted by molar-refractivity contribution is 5.91. The highest BCUT2D eigenvalue weighted by Crippen LogP contribution is 2.25. The SMILES string of the molecule is C=COCOCCCCCCOc1ccc(OCOc2ccc(OC(=O)c3ccc(OC(=O)C=C)cc3)c(C)c2)cc1. The summed E-state index contributed by atoms with van der Waals surface area (Å²) in [4.78, 5) is 23.8. The molecule has 0 aliphatic carbocycles. The number of carbonyl (C=O) groups is 2. The van der Waals surface area contributed by atoms with Crippen LogP contribution >= 0.6 is 0 Å². The average molecular weight is 577 g/mol. The largest absolute Gasteiger partial charge is 0.494 e. The summed E-state index contributed by atoms with van der Waals surface area (Å²) in [5.74, 6) is 1.57. The van der Waals surface area contributed by atoms with Gasteiger partial charge in [0.05, 0.1) is 25.0 Å². The van der Waals surface area contributed by atoms with Gasteiger partial charge >= 0.3 is 11.9 Å². The Hall–Kier alpha value is -4.76. The lowest BCUT2D eigenvalue weighted by Crippen LogP contribution is -2.10. The molecule has 0 saturated carbocycles. The molecule has 0 radical (unpaired) electrons. The standard InChI is InChI=1S/C33H36O9/c1-4-32(34)41-29-12-10-26(11-13-29)33(35)42-31-19-18-30(22-25(31)3)40-24-39-28-16-14-27(15-17-28)38-21-9-7-6-8-20-37-23-36-5-2/h4-5,10-19,22H,1-2,6-9,20-21,23-24H2,3H3. The van der Waals surface area contributed by atoms with Crippen molar-refractivity contribution in [1.29, 1.82) is 0 Å². The number of carbonyl (C=O) groups excluding carboxylic acids is 2. The Bertz CT molecular complexity index is 1280. The molecule has 0 saturated heterocycles. The average Bonchev–Trinajstić information content (AvgIpc) is 3.00. The van der Waals surface area contributed by atoms with Crippen LogP contribution in [0, 0.1) is 6.92 Å². The number of esters is 2. The van der Waals surface area contributed by atoms with Crippen LogP contribution < -0.4 is 23.7 Å². The zero-order chi connectivity index (χ0) is 30.0. The van der Waals surface area contributed by atoms with Gasteiger partial charge in [-0.15, -0.1) is 0 Å². The fourth-order valence-electron chi connectivity index (χ4n) is 3.60. The van der Waals surface area contributed by atoms with Gasteiger partial charge in [-0.1, -0.05) is 19.6 Å². The first-order chi connectivity index (χ1) is 20.5. The fraction of sp³-hybridized carbons (Fsp3) is 0.273. The molecule has 0 spiro atoms. The van der Waals surface area contributed by atoms with Gasteiger partial charge in [-0.25, -0.2) is 9.59 Å². The Morgan fingerprint density at radius 3 is 1.98 bits per heavy atom. The molecule has 0 N–H and O–H groups in total. The van der Waals surface area contributed by atoms with Crippen molar-refractivity contribution in [2.24, 2.45) is 0 Å². The molecule has 0 heterocycles. The van der Waals surface area contributed by atoms with Gasteiger partial charge in [0.25, 0.3) is 0 Å². The Balaban J connectivity index is 1.34. The molecular weight excluding hydrogens is 540 g/mol. The molecule has 0 aliphatic heterocycles. The van der Waals surface area contributed by atoms with E-state index in [2.05, 4.69) is 13.2 Å². The van der Waals surface area contributed by atoms with E-state index in [1.165, 1.54) is 30.5 Å². The Morgan fingerprint density at radius 2 is 1.31 bits per heavy atom. The van der Waals surface area contributed by atoms with E-state index in [0.717, 1.165) is 37.5 Å². The summed E-state index contributed by atoms with van der Waals surface area (Å²) >= 11 is 0. The first kappa shape index (κ1) is 31.8. The molecule has 0 amide bonds. The van der Waals surface area contributed by atoms with Crippen LogP contribution in [0.25, 0.3) is 0 Å². The van der Waals surface area contributed by atoms with Gasteiger partial charge in [0.2, 0.25) is 6.79 Å². The van der Waals surface area contributed by atoms with Crippen LogP contribution in [0.1, 0.15) is 41.6 Å². The summed E-state index contributed by atoms with van der Waals surface area (Å²) in [6.45, 7) is 10.2. The predicted octanol–water partition coefficient (Wildman–Crippen LogP) is 6.79. The minimum absolute atomic E-state index is 0.00494. The third-order valence-corrected chi connectivity index (χ3v) is 5.82. The highest BCUT2D eigenvalue weighted by atomic mass is 16.7. The van der Waals surface area contributed by atoms with Crippen LogP contribution in [-0.4, -0.2) is 38.7 Å². The van der Waals surface area contributed by atoms with Crippen LogP contribution in [0.5, 0.6) is 28.7 Å². The van der Waals surface area contributed by atoms with E-state index in [1.54, 1.807) is 18.2 Å². The summed E-state index contributed by atoms with van der Waals surface area (Å²) in [6, 6.07) is 18.5. The molecule has 42 heavy (non-hydrogen) atoms. The highest BCUT2D eigenvalue weighted by Gasteiger charge is 2.12. The smallest absolute Gasteiger partial charge is 0.343 e. The van der Waals surface area contributed by atoms with E-state index in [9.17, 15) is 9.59 Å². The number of hydrogen-bond donors (Lipinski definition) is 0. The van der Waals surface area contributed by atoms with Crippen LogP contribution in [0.15, 0.2) is 92.2 Å². The lowest BCUT2D eigenvalue weighted by atomic mass is 10.2. The summed E-state index contributed by atoms with van der Waals surface area (Å²) in [6.07, 6.45) is 6.52. The Labute approximate surface area is 246 Å². The monoisotopic (exact) mass is 576 g/mol. The van der Waals surface area contributed by atoms with E-state index in [0.29, 0.717) is 47.3 Å². The van der Waals surface area contributed by atoms with Crippen LogP contribution in [0.2, 0.25) is 0 Å². The molecule has 0 bridgehead atoms. The minimum atomic E-state index is -0.580. The van der Waals surface area contributed by atoms with E-state index in [-0.39, 0.29) is 13.6 Å². The molecule has 3 aromatic rings. The Morgan fingerprint density at radius 1 is 0.690 bits per heavy atom. The second-order valence-corrected chi connectivity index (χ2v) is 8.97. The molecule has 3 rings (SSSR count). The summed E-state index contributed by atoms with van der Waals surface area (Å²) in [7, 11) is 0. The van der Waals surface area contributed by atoms with Crippen molar-refractivity contribution >= 4 is 11.9 Å². The van der Waals surface area contributed by atoms with Crippen molar-refractivity contribution < 1.29 is 42.7 Å². The maximum absolute atomic E-state index is 12.5. The second kappa shape index (κ2) is 17.8. The van der Waals surface area contributed by atoms with Gasteiger partial charge in [0, 0.05) is 6.08 Å². The van der Waals surface area contributed by atoms with Gasteiger partial charge in [-0.3, -0.25) is 0 Å². The lowest BCUT2D eigenvalue weighted by molar-refractivity contribution is -0.128. The molecule has 9 nitrogen and oxygen atoms in total. The third-order valence-electron chi connectivity index (χ3n) is 5.82. The van der Waals surface area contributed by atoms with Gasteiger partial charge < -0.3 is 33.2 Å². The maximum atomic E-state index is 12.5.